The largest absolute Gasteiger partial charge is 0.487 e. The van der Waals surface area contributed by atoms with Crippen LogP contribution in [0.3, 0.4) is 0 Å². The van der Waals surface area contributed by atoms with Crippen molar-refractivity contribution in [2.45, 2.75) is 33.9 Å². The van der Waals surface area contributed by atoms with E-state index in [-0.39, 0.29) is 5.91 Å². The average molecular weight is 406 g/mol. The lowest BCUT2D eigenvalue weighted by Crippen LogP contribution is -2.06. The van der Waals surface area contributed by atoms with Crippen LogP contribution < -0.4 is 15.8 Å². The first-order chi connectivity index (χ1) is 14.5. The Kier molecular flexibility index (Phi) is 5.14. The number of H-pyrrole nitrogens is 1. The highest BCUT2D eigenvalue weighted by Crippen LogP contribution is 2.30. The molecule has 8 nitrogen and oxygen atoms in total. The molecule has 0 unspecified atom stereocenters. The minimum Gasteiger partial charge on any atom is -0.487 e. The van der Waals surface area contributed by atoms with Crippen molar-refractivity contribution in [3.8, 4) is 17.0 Å². The van der Waals surface area contributed by atoms with E-state index in [2.05, 4.69) is 10.3 Å². The fraction of sp³-hybridized carbons (Fsp3) is 0.227. The summed E-state index contributed by atoms with van der Waals surface area (Å²) in [5, 5.41) is 7.46. The summed E-state index contributed by atoms with van der Waals surface area (Å²) >= 11 is 0. The number of hydrogen-bond donors (Lipinski definition) is 2. The van der Waals surface area contributed by atoms with Crippen LogP contribution >= 0.6 is 0 Å². The van der Waals surface area contributed by atoms with Crippen LogP contribution in [-0.4, -0.2) is 20.7 Å². The maximum Gasteiger partial charge on any atom is 0.417 e. The molecule has 154 valence electrons. The Hall–Kier alpha value is -3.81. The number of carbonyl (C=O) groups excluding carboxylic acids is 1. The van der Waals surface area contributed by atoms with Gasteiger partial charge in [-0.15, -0.1) is 0 Å². The van der Waals surface area contributed by atoms with Crippen LogP contribution in [0.2, 0.25) is 0 Å². The van der Waals surface area contributed by atoms with E-state index in [1.165, 1.54) is 6.92 Å². The lowest BCUT2D eigenvalue weighted by Gasteiger charge is -2.09. The average Bonchev–Trinajstić information content (AvgIpc) is 3.26. The fourth-order valence-electron chi connectivity index (χ4n) is 3.37. The molecule has 0 saturated heterocycles. The summed E-state index contributed by atoms with van der Waals surface area (Å²) in [4.78, 5) is 25.2. The number of fused-ring (bicyclic) bond motifs is 3. The summed E-state index contributed by atoms with van der Waals surface area (Å²) in [5.41, 5.74) is 5.41. The van der Waals surface area contributed by atoms with Crippen LogP contribution in [0.15, 0.2) is 51.7 Å². The van der Waals surface area contributed by atoms with Crippen LogP contribution in [0, 0.1) is 0 Å². The maximum absolute atomic E-state index is 11.4. The summed E-state index contributed by atoms with van der Waals surface area (Å²) in [6, 6.07) is 13.1. The molecular weight excluding hydrogens is 384 g/mol. The predicted molar refractivity (Wildman–Crippen MR) is 114 cm³/mol. The van der Waals surface area contributed by atoms with Crippen LogP contribution in [0.5, 0.6) is 5.75 Å². The summed E-state index contributed by atoms with van der Waals surface area (Å²) < 4.78 is 13.0. The fourth-order valence-corrected chi connectivity index (χ4v) is 3.37. The molecule has 0 radical (unpaired) electrons. The van der Waals surface area contributed by atoms with Crippen molar-refractivity contribution in [3.63, 3.8) is 0 Å². The van der Waals surface area contributed by atoms with Gasteiger partial charge in [0.15, 0.2) is 5.58 Å². The summed E-state index contributed by atoms with van der Waals surface area (Å²) in [7, 11) is 0. The zero-order valence-corrected chi connectivity index (χ0v) is 17.0. The molecular formula is C22H22N4O4. The van der Waals surface area contributed by atoms with Gasteiger partial charge in [-0.3, -0.25) is 14.5 Å². The minimum atomic E-state index is -0.476. The molecule has 0 aliphatic carbocycles. The molecule has 0 fully saturated rings. The van der Waals surface area contributed by atoms with E-state index in [1.807, 2.05) is 48.9 Å². The minimum absolute atomic E-state index is 0.124. The SMILES string of the molecule is CC.CC(=O)Nc1ccc2c(c1)OCc1cc(-c3ccc4[nH]c(=O)oc4c3)nn1C2. The third-order valence-electron chi connectivity index (χ3n) is 4.66. The summed E-state index contributed by atoms with van der Waals surface area (Å²) in [6.07, 6.45) is 0. The molecule has 1 aliphatic heterocycles. The molecule has 0 spiro atoms. The van der Waals surface area contributed by atoms with E-state index < -0.39 is 5.76 Å². The van der Waals surface area contributed by atoms with Gasteiger partial charge in [-0.25, -0.2) is 4.79 Å². The number of anilines is 1. The Bertz CT molecular complexity index is 1280. The Morgan fingerprint density at radius 2 is 2.00 bits per heavy atom. The number of oxazole rings is 1. The van der Waals surface area contributed by atoms with Gasteiger partial charge in [0.1, 0.15) is 12.4 Å². The lowest BCUT2D eigenvalue weighted by molar-refractivity contribution is -0.114. The molecule has 4 aromatic rings. The number of rotatable bonds is 2. The molecule has 1 amide bonds. The molecule has 1 aliphatic rings. The van der Waals surface area contributed by atoms with Crippen LogP contribution in [0.4, 0.5) is 5.69 Å². The second kappa shape index (κ2) is 7.90. The number of carbonyl (C=O) groups is 1. The first-order valence-corrected chi connectivity index (χ1v) is 9.78. The van der Waals surface area contributed by atoms with Crippen molar-refractivity contribution in [3.05, 3.63) is 64.3 Å². The maximum atomic E-state index is 11.4. The van der Waals surface area contributed by atoms with Crippen LogP contribution in [0.1, 0.15) is 32.0 Å². The second-order valence-electron chi connectivity index (χ2n) is 6.70. The molecule has 8 heteroatoms. The Morgan fingerprint density at radius 3 is 2.80 bits per heavy atom. The standard InChI is InChI=1S/C20H16N4O4.C2H6/c1-11(25)21-14-4-2-13-9-24-15(10-27-18(13)7-14)8-17(23-24)12-3-5-16-19(6-12)28-20(26)22-16;1-2/h2-8H,9-10H2,1H3,(H,21,25)(H,22,26);1-2H3. The smallest absolute Gasteiger partial charge is 0.417 e. The van der Waals surface area contributed by atoms with Crippen LogP contribution in [0.25, 0.3) is 22.4 Å². The molecule has 0 atom stereocenters. The van der Waals surface area contributed by atoms with E-state index in [0.29, 0.717) is 29.9 Å². The van der Waals surface area contributed by atoms with Gasteiger partial charge in [-0.2, -0.15) is 5.10 Å². The molecule has 2 aromatic heterocycles. The number of amides is 1. The molecule has 3 heterocycles. The van der Waals surface area contributed by atoms with E-state index in [4.69, 9.17) is 14.3 Å². The molecule has 0 bridgehead atoms. The zero-order chi connectivity index (χ0) is 21.3. The van der Waals surface area contributed by atoms with Gasteiger partial charge in [0, 0.05) is 29.8 Å². The Balaban J connectivity index is 0.00000106. The highest BCUT2D eigenvalue weighted by Gasteiger charge is 2.18. The molecule has 5 rings (SSSR count). The monoisotopic (exact) mass is 406 g/mol. The van der Waals surface area contributed by atoms with E-state index >= 15 is 0 Å². The lowest BCUT2D eigenvalue weighted by atomic mass is 10.1. The van der Waals surface area contributed by atoms with Gasteiger partial charge in [0.2, 0.25) is 5.91 Å². The first-order valence-electron chi connectivity index (χ1n) is 9.78. The first kappa shape index (κ1) is 19.5. The number of aromatic nitrogens is 3. The number of benzene rings is 2. The highest BCUT2D eigenvalue weighted by atomic mass is 16.5. The van der Waals surface area contributed by atoms with Crippen molar-refractivity contribution < 1.29 is 13.9 Å². The third kappa shape index (κ3) is 3.71. The van der Waals surface area contributed by atoms with Crippen molar-refractivity contribution >= 4 is 22.7 Å². The van der Waals surface area contributed by atoms with Crippen molar-refractivity contribution in [1.29, 1.82) is 0 Å². The number of hydrogen-bond acceptors (Lipinski definition) is 5. The molecule has 30 heavy (non-hydrogen) atoms. The van der Waals surface area contributed by atoms with Gasteiger partial charge in [-0.05, 0) is 24.3 Å². The van der Waals surface area contributed by atoms with Gasteiger partial charge in [0.25, 0.3) is 0 Å². The third-order valence-corrected chi connectivity index (χ3v) is 4.66. The Labute approximate surface area is 172 Å². The Morgan fingerprint density at radius 1 is 1.17 bits per heavy atom. The molecule has 0 saturated carbocycles. The highest BCUT2D eigenvalue weighted by molar-refractivity contribution is 5.89. The van der Waals surface area contributed by atoms with Gasteiger partial charge < -0.3 is 14.5 Å². The predicted octanol–water partition coefficient (Wildman–Crippen LogP) is 3.91. The normalized spacial score (nSPS) is 12.1. The number of nitrogens with zero attached hydrogens (tertiary/aromatic N) is 2. The van der Waals surface area contributed by atoms with Crippen LogP contribution in [-0.2, 0) is 17.9 Å². The summed E-state index contributed by atoms with van der Waals surface area (Å²) in [6.45, 7) is 6.40. The van der Waals surface area contributed by atoms with Crippen molar-refractivity contribution in [2.75, 3.05) is 5.32 Å². The molecule has 2 N–H and O–H groups in total. The van der Waals surface area contributed by atoms with E-state index in [0.717, 1.165) is 28.3 Å². The second-order valence-corrected chi connectivity index (χ2v) is 6.70. The van der Waals surface area contributed by atoms with E-state index in [9.17, 15) is 9.59 Å². The van der Waals surface area contributed by atoms with Crippen molar-refractivity contribution in [1.82, 2.24) is 14.8 Å². The topological polar surface area (TPSA) is 102 Å². The zero-order valence-electron chi connectivity index (χ0n) is 17.0. The molecule has 2 aromatic carbocycles. The summed E-state index contributed by atoms with van der Waals surface area (Å²) in [5.74, 6) is 0.131. The van der Waals surface area contributed by atoms with Gasteiger partial charge >= 0.3 is 5.76 Å². The van der Waals surface area contributed by atoms with Gasteiger partial charge in [0.05, 0.1) is 23.4 Å². The van der Waals surface area contributed by atoms with E-state index in [1.54, 1.807) is 12.1 Å². The van der Waals surface area contributed by atoms with Crippen molar-refractivity contribution in [2.24, 2.45) is 0 Å². The number of aromatic amines is 1. The van der Waals surface area contributed by atoms with Gasteiger partial charge in [-0.1, -0.05) is 26.0 Å². The quantitative estimate of drug-likeness (QED) is 0.525. The number of nitrogens with one attached hydrogen (secondary N) is 2. The number of ether oxygens (including phenoxy) is 1.